The molecule has 0 saturated heterocycles. The van der Waals surface area contributed by atoms with Crippen LogP contribution >= 0.6 is 23.2 Å². The quantitative estimate of drug-likeness (QED) is 0.521. The number of halogens is 2. The zero-order valence-corrected chi connectivity index (χ0v) is 14.8. The molecule has 25 heavy (non-hydrogen) atoms. The van der Waals surface area contributed by atoms with E-state index in [-0.39, 0.29) is 5.91 Å². The largest absolute Gasteiger partial charge is 0.496 e. The Balaban J connectivity index is 1.81. The van der Waals surface area contributed by atoms with Gasteiger partial charge in [-0.25, -0.2) is 5.43 Å². The third-order valence-electron chi connectivity index (χ3n) is 3.64. The summed E-state index contributed by atoms with van der Waals surface area (Å²) < 4.78 is 5.32. The van der Waals surface area contributed by atoms with Gasteiger partial charge in [-0.3, -0.25) is 4.79 Å². The van der Waals surface area contributed by atoms with E-state index in [0.29, 0.717) is 21.4 Å². The summed E-state index contributed by atoms with van der Waals surface area (Å²) in [6, 6.07) is 16.4. The van der Waals surface area contributed by atoms with Crippen LogP contribution in [-0.2, 0) is 0 Å². The van der Waals surface area contributed by atoms with Crippen LogP contribution in [0.3, 0.4) is 0 Å². The van der Waals surface area contributed by atoms with E-state index in [1.54, 1.807) is 24.3 Å². The van der Waals surface area contributed by atoms with Crippen molar-refractivity contribution in [1.82, 2.24) is 5.43 Å². The van der Waals surface area contributed by atoms with Gasteiger partial charge in [0.25, 0.3) is 5.91 Å². The van der Waals surface area contributed by atoms with E-state index in [1.807, 2.05) is 30.3 Å². The van der Waals surface area contributed by atoms with Gasteiger partial charge < -0.3 is 4.74 Å². The second-order valence-electron chi connectivity index (χ2n) is 5.27. The van der Waals surface area contributed by atoms with E-state index in [1.165, 1.54) is 13.3 Å². The number of methoxy groups -OCH3 is 1. The highest BCUT2D eigenvalue weighted by Gasteiger charge is 2.13. The summed E-state index contributed by atoms with van der Waals surface area (Å²) in [7, 11) is 1.53. The fourth-order valence-electron chi connectivity index (χ4n) is 2.38. The van der Waals surface area contributed by atoms with Crippen LogP contribution < -0.4 is 10.2 Å². The van der Waals surface area contributed by atoms with Crippen LogP contribution in [0.2, 0.25) is 10.0 Å². The molecule has 1 amide bonds. The number of amides is 1. The molecule has 0 aliphatic rings. The molecule has 3 aromatic carbocycles. The molecule has 0 fully saturated rings. The van der Waals surface area contributed by atoms with Crippen molar-refractivity contribution in [3.8, 4) is 5.75 Å². The summed E-state index contributed by atoms with van der Waals surface area (Å²) in [5.41, 5.74) is 3.63. The molecular weight excluding hydrogens is 359 g/mol. The zero-order valence-electron chi connectivity index (χ0n) is 13.3. The average molecular weight is 373 g/mol. The summed E-state index contributed by atoms with van der Waals surface area (Å²) in [6.07, 6.45) is 1.49. The first kappa shape index (κ1) is 17.3. The van der Waals surface area contributed by atoms with Gasteiger partial charge in [-0.2, -0.15) is 5.10 Å². The van der Waals surface area contributed by atoms with Gasteiger partial charge in [-0.1, -0.05) is 53.5 Å². The predicted octanol–water partition coefficient (Wildman–Crippen LogP) is 4.92. The summed E-state index contributed by atoms with van der Waals surface area (Å²) in [5.74, 6) is 0.125. The van der Waals surface area contributed by atoms with Gasteiger partial charge in [0.15, 0.2) is 0 Å². The number of hydrogen-bond donors (Lipinski definition) is 1. The van der Waals surface area contributed by atoms with Gasteiger partial charge in [0.05, 0.1) is 28.9 Å². The van der Waals surface area contributed by atoms with Crippen molar-refractivity contribution in [2.24, 2.45) is 5.10 Å². The zero-order chi connectivity index (χ0) is 17.8. The maximum atomic E-state index is 12.4. The number of rotatable bonds is 4. The molecule has 0 aliphatic heterocycles. The number of hydrogen-bond acceptors (Lipinski definition) is 3. The van der Waals surface area contributed by atoms with E-state index in [4.69, 9.17) is 27.9 Å². The maximum absolute atomic E-state index is 12.4. The lowest BCUT2D eigenvalue weighted by atomic mass is 10.1. The first-order chi connectivity index (χ1) is 12.1. The van der Waals surface area contributed by atoms with Crippen molar-refractivity contribution < 1.29 is 9.53 Å². The van der Waals surface area contributed by atoms with Gasteiger partial charge in [0.1, 0.15) is 5.75 Å². The Morgan fingerprint density at radius 3 is 2.44 bits per heavy atom. The lowest BCUT2D eigenvalue weighted by Crippen LogP contribution is -2.18. The minimum Gasteiger partial charge on any atom is -0.496 e. The Morgan fingerprint density at radius 2 is 1.76 bits per heavy atom. The first-order valence-corrected chi connectivity index (χ1v) is 8.19. The lowest BCUT2D eigenvalue weighted by molar-refractivity contribution is 0.0952. The molecule has 0 bridgehead atoms. The van der Waals surface area contributed by atoms with Crippen molar-refractivity contribution >= 4 is 46.1 Å². The van der Waals surface area contributed by atoms with Crippen LogP contribution in [0.4, 0.5) is 0 Å². The number of nitrogens with zero attached hydrogens (tertiary/aromatic N) is 1. The van der Waals surface area contributed by atoms with Gasteiger partial charge >= 0.3 is 0 Å². The molecule has 1 N–H and O–H groups in total. The summed E-state index contributed by atoms with van der Waals surface area (Å²) in [5, 5.41) is 6.79. The van der Waals surface area contributed by atoms with Gasteiger partial charge in [0, 0.05) is 0 Å². The number of hydrazone groups is 1. The van der Waals surface area contributed by atoms with Gasteiger partial charge in [-0.15, -0.1) is 0 Å². The van der Waals surface area contributed by atoms with Gasteiger partial charge in [-0.05, 0) is 40.6 Å². The maximum Gasteiger partial charge on any atom is 0.275 e. The molecule has 0 aromatic heterocycles. The molecule has 0 spiro atoms. The van der Waals surface area contributed by atoms with Crippen molar-refractivity contribution in [2.75, 3.05) is 7.11 Å². The summed E-state index contributed by atoms with van der Waals surface area (Å²) in [4.78, 5) is 12.4. The summed E-state index contributed by atoms with van der Waals surface area (Å²) >= 11 is 11.8. The highest BCUT2D eigenvalue weighted by atomic mass is 35.5. The predicted molar refractivity (Wildman–Crippen MR) is 102 cm³/mol. The second kappa shape index (κ2) is 7.55. The molecule has 126 valence electrons. The minimum atomic E-state index is -0.362. The Hall–Kier alpha value is -2.56. The van der Waals surface area contributed by atoms with E-state index in [9.17, 15) is 4.79 Å². The Kier molecular flexibility index (Phi) is 5.22. The average Bonchev–Trinajstić information content (AvgIpc) is 2.63. The molecule has 0 saturated carbocycles. The van der Waals surface area contributed by atoms with Crippen LogP contribution in [0.1, 0.15) is 15.9 Å². The molecule has 0 unspecified atom stereocenters. The number of carbonyl (C=O) groups is 1. The normalized spacial score (nSPS) is 11.0. The topological polar surface area (TPSA) is 50.7 Å². The van der Waals surface area contributed by atoms with Crippen molar-refractivity contribution in [3.63, 3.8) is 0 Å². The monoisotopic (exact) mass is 372 g/mol. The molecule has 3 aromatic rings. The Bertz CT molecular complexity index is 971. The lowest BCUT2D eigenvalue weighted by Gasteiger charge is -2.09. The molecule has 0 atom stereocenters. The van der Waals surface area contributed by atoms with Crippen molar-refractivity contribution in [3.05, 3.63) is 75.8 Å². The number of nitrogens with one attached hydrogen (secondary N) is 1. The molecule has 4 nitrogen and oxygen atoms in total. The third-order valence-corrected chi connectivity index (χ3v) is 4.37. The van der Waals surface area contributed by atoms with E-state index in [0.717, 1.165) is 16.3 Å². The molecule has 0 aliphatic carbocycles. The number of ether oxygens (including phenoxy) is 1. The number of fused-ring (bicyclic) bond motifs is 1. The number of carbonyl (C=O) groups excluding carboxylic acids is 1. The van der Waals surface area contributed by atoms with Crippen LogP contribution in [0.5, 0.6) is 5.75 Å². The van der Waals surface area contributed by atoms with E-state index >= 15 is 0 Å². The van der Waals surface area contributed by atoms with E-state index in [2.05, 4.69) is 10.5 Å². The molecule has 6 heteroatoms. The van der Waals surface area contributed by atoms with Crippen LogP contribution in [0.15, 0.2) is 59.7 Å². The smallest absolute Gasteiger partial charge is 0.275 e. The SMILES string of the molecule is COc1cc2ccccc2cc1C(=O)N/N=C\c1ccc(Cl)c(Cl)c1. The fraction of sp³-hybridized carbons (Fsp3) is 0.0526. The minimum absolute atomic E-state index is 0.362. The standard InChI is InChI=1S/C19H14Cl2N2O2/c1-25-18-10-14-5-3-2-4-13(14)9-15(18)19(24)23-22-11-12-6-7-16(20)17(21)8-12/h2-11H,1H3,(H,23,24)/b22-11-. The Morgan fingerprint density at radius 1 is 1.04 bits per heavy atom. The van der Waals surface area contributed by atoms with Gasteiger partial charge in [0.2, 0.25) is 0 Å². The van der Waals surface area contributed by atoms with Crippen LogP contribution in [0, 0.1) is 0 Å². The molecular formula is C19H14Cl2N2O2. The third kappa shape index (κ3) is 3.92. The highest BCUT2D eigenvalue weighted by molar-refractivity contribution is 6.42. The Labute approximate surface area is 155 Å². The van der Waals surface area contributed by atoms with Crippen molar-refractivity contribution in [2.45, 2.75) is 0 Å². The van der Waals surface area contributed by atoms with Crippen molar-refractivity contribution in [1.29, 1.82) is 0 Å². The second-order valence-corrected chi connectivity index (χ2v) is 6.09. The summed E-state index contributed by atoms with van der Waals surface area (Å²) in [6.45, 7) is 0. The van der Waals surface area contributed by atoms with E-state index < -0.39 is 0 Å². The molecule has 0 heterocycles. The fourth-order valence-corrected chi connectivity index (χ4v) is 2.69. The molecule has 3 rings (SSSR count). The number of benzene rings is 3. The van der Waals surface area contributed by atoms with Crippen LogP contribution in [-0.4, -0.2) is 19.2 Å². The highest BCUT2D eigenvalue weighted by Crippen LogP contribution is 2.26. The van der Waals surface area contributed by atoms with Crippen LogP contribution in [0.25, 0.3) is 10.8 Å². The first-order valence-electron chi connectivity index (χ1n) is 7.44. The molecule has 0 radical (unpaired) electrons.